The molecule has 1 aromatic rings. The van der Waals surface area contributed by atoms with Gasteiger partial charge < -0.3 is 15.0 Å². The molecule has 0 radical (unpaired) electrons. The monoisotopic (exact) mass is 333 g/mol. The zero-order valence-corrected chi connectivity index (χ0v) is 15.5. The summed E-state index contributed by atoms with van der Waals surface area (Å²) in [6, 6.07) is 6.49. The fraction of sp³-hybridized carbons (Fsp3) is 0.632. The molecular weight excluding hydrogens is 302 g/mol. The van der Waals surface area contributed by atoms with Crippen molar-refractivity contribution in [3.8, 4) is 5.75 Å². The molecule has 5 nitrogen and oxygen atoms in total. The number of carbonyl (C=O) groups excluding carboxylic acids is 1. The number of benzene rings is 1. The van der Waals surface area contributed by atoms with Gasteiger partial charge >= 0.3 is 0 Å². The molecule has 1 aliphatic heterocycles. The summed E-state index contributed by atoms with van der Waals surface area (Å²) in [6.45, 7) is 11.7. The Morgan fingerprint density at radius 1 is 1.17 bits per heavy atom. The van der Waals surface area contributed by atoms with E-state index in [0.29, 0.717) is 25.6 Å². The minimum atomic E-state index is 0.0559. The van der Waals surface area contributed by atoms with E-state index in [9.17, 15) is 4.79 Å². The molecule has 0 bridgehead atoms. The van der Waals surface area contributed by atoms with E-state index in [1.54, 1.807) is 0 Å². The highest BCUT2D eigenvalue weighted by atomic mass is 16.5. The number of carbonyl (C=O) groups is 1. The minimum Gasteiger partial charge on any atom is -0.493 e. The first-order valence-corrected chi connectivity index (χ1v) is 8.84. The van der Waals surface area contributed by atoms with E-state index in [1.807, 2.05) is 26.0 Å². The van der Waals surface area contributed by atoms with Crippen LogP contribution in [-0.4, -0.2) is 68.1 Å². The molecule has 1 atom stereocenters. The Labute approximate surface area is 146 Å². The first kappa shape index (κ1) is 18.7. The molecule has 0 aliphatic carbocycles. The fourth-order valence-corrected chi connectivity index (χ4v) is 3.02. The van der Waals surface area contributed by atoms with Crippen LogP contribution < -0.4 is 10.1 Å². The standard InChI is InChI=1S/C19H31N3O2/c1-15-11-16(2)13-18(12-15)24-10-5-19(23)20-14-17(3)22-8-6-21(4)7-9-22/h11-13,17H,5-10,14H2,1-4H3,(H,20,23). The van der Waals surface area contributed by atoms with E-state index in [2.05, 4.69) is 35.2 Å². The van der Waals surface area contributed by atoms with Crippen molar-refractivity contribution in [2.24, 2.45) is 0 Å². The number of hydrogen-bond donors (Lipinski definition) is 1. The summed E-state index contributed by atoms with van der Waals surface area (Å²) in [5.74, 6) is 0.895. The molecule has 1 N–H and O–H groups in total. The second-order valence-electron chi connectivity index (χ2n) is 6.91. The van der Waals surface area contributed by atoms with Gasteiger partial charge in [0.15, 0.2) is 0 Å². The number of aryl methyl sites for hydroxylation is 2. The summed E-state index contributed by atoms with van der Waals surface area (Å²) in [4.78, 5) is 16.8. The summed E-state index contributed by atoms with van der Waals surface area (Å²) < 4.78 is 5.70. The molecule has 1 aliphatic rings. The highest BCUT2D eigenvalue weighted by Crippen LogP contribution is 2.16. The Morgan fingerprint density at radius 3 is 2.42 bits per heavy atom. The number of nitrogens with one attached hydrogen (secondary N) is 1. The first-order valence-electron chi connectivity index (χ1n) is 8.84. The van der Waals surface area contributed by atoms with Crippen LogP contribution in [0.25, 0.3) is 0 Å². The van der Waals surface area contributed by atoms with Crippen LogP contribution in [0.1, 0.15) is 24.5 Å². The van der Waals surface area contributed by atoms with Crippen molar-refractivity contribution in [1.29, 1.82) is 0 Å². The zero-order valence-electron chi connectivity index (χ0n) is 15.5. The zero-order chi connectivity index (χ0) is 17.5. The Hall–Kier alpha value is -1.59. The molecule has 1 fully saturated rings. The SMILES string of the molecule is Cc1cc(C)cc(OCCC(=O)NCC(C)N2CCN(C)CC2)c1. The van der Waals surface area contributed by atoms with Gasteiger partial charge in [-0.2, -0.15) is 0 Å². The number of amides is 1. The van der Waals surface area contributed by atoms with Gasteiger partial charge in [0, 0.05) is 38.8 Å². The summed E-state index contributed by atoms with van der Waals surface area (Å²) in [5, 5.41) is 3.03. The molecule has 0 aromatic heterocycles. The third kappa shape index (κ3) is 6.13. The lowest BCUT2D eigenvalue weighted by Gasteiger charge is -2.36. The van der Waals surface area contributed by atoms with Crippen LogP contribution >= 0.6 is 0 Å². The van der Waals surface area contributed by atoms with Crippen LogP contribution in [0.2, 0.25) is 0 Å². The molecule has 2 rings (SSSR count). The average molecular weight is 333 g/mol. The summed E-state index contributed by atoms with van der Waals surface area (Å²) in [6.07, 6.45) is 0.391. The summed E-state index contributed by atoms with van der Waals surface area (Å²) in [5.41, 5.74) is 2.35. The molecule has 5 heteroatoms. The van der Waals surface area contributed by atoms with Crippen molar-refractivity contribution in [3.05, 3.63) is 29.3 Å². The Bertz CT molecular complexity index is 519. The number of nitrogens with zero attached hydrogens (tertiary/aromatic N) is 2. The Morgan fingerprint density at radius 2 is 1.79 bits per heavy atom. The predicted octanol–water partition coefficient (Wildman–Crippen LogP) is 1.82. The molecule has 1 aromatic carbocycles. The van der Waals surface area contributed by atoms with Crippen molar-refractivity contribution >= 4 is 5.91 Å². The number of likely N-dealkylation sites (N-methyl/N-ethyl adjacent to an activating group) is 1. The van der Waals surface area contributed by atoms with E-state index in [1.165, 1.54) is 11.1 Å². The lowest BCUT2D eigenvalue weighted by atomic mass is 10.1. The Kier molecular flexibility index (Phi) is 7.06. The van der Waals surface area contributed by atoms with Gasteiger partial charge in [-0.3, -0.25) is 9.69 Å². The molecule has 1 amide bonds. The lowest BCUT2D eigenvalue weighted by Crippen LogP contribution is -2.51. The third-order valence-corrected chi connectivity index (χ3v) is 4.55. The Balaban J connectivity index is 1.64. The van der Waals surface area contributed by atoms with Gasteiger partial charge in [-0.1, -0.05) is 6.07 Å². The van der Waals surface area contributed by atoms with Crippen molar-refractivity contribution < 1.29 is 9.53 Å². The van der Waals surface area contributed by atoms with Gasteiger partial charge in [0.2, 0.25) is 5.91 Å². The van der Waals surface area contributed by atoms with E-state index in [0.717, 1.165) is 31.9 Å². The molecule has 0 saturated carbocycles. The number of rotatable bonds is 7. The second-order valence-corrected chi connectivity index (χ2v) is 6.91. The molecule has 24 heavy (non-hydrogen) atoms. The largest absolute Gasteiger partial charge is 0.493 e. The highest BCUT2D eigenvalue weighted by Gasteiger charge is 2.19. The maximum Gasteiger partial charge on any atom is 0.223 e. The highest BCUT2D eigenvalue weighted by molar-refractivity contribution is 5.76. The van der Waals surface area contributed by atoms with Gasteiger partial charge in [0.05, 0.1) is 13.0 Å². The molecule has 134 valence electrons. The van der Waals surface area contributed by atoms with E-state index < -0.39 is 0 Å². The van der Waals surface area contributed by atoms with E-state index >= 15 is 0 Å². The van der Waals surface area contributed by atoms with Gasteiger partial charge in [-0.25, -0.2) is 0 Å². The van der Waals surface area contributed by atoms with Crippen molar-refractivity contribution in [2.75, 3.05) is 46.4 Å². The molecule has 0 spiro atoms. The van der Waals surface area contributed by atoms with Crippen LogP contribution in [-0.2, 0) is 4.79 Å². The van der Waals surface area contributed by atoms with Gasteiger partial charge in [-0.05, 0) is 51.1 Å². The van der Waals surface area contributed by atoms with Gasteiger partial charge in [0.1, 0.15) is 5.75 Å². The van der Waals surface area contributed by atoms with Crippen LogP contribution in [0.5, 0.6) is 5.75 Å². The summed E-state index contributed by atoms with van der Waals surface area (Å²) in [7, 11) is 2.15. The average Bonchev–Trinajstić information content (AvgIpc) is 2.52. The van der Waals surface area contributed by atoms with Crippen molar-refractivity contribution in [2.45, 2.75) is 33.2 Å². The second kappa shape index (κ2) is 9.04. The maximum atomic E-state index is 12.0. The molecular formula is C19H31N3O2. The number of hydrogen-bond acceptors (Lipinski definition) is 4. The van der Waals surface area contributed by atoms with Crippen LogP contribution in [0.4, 0.5) is 0 Å². The molecule has 1 heterocycles. The van der Waals surface area contributed by atoms with Crippen LogP contribution in [0, 0.1) is 13.8 Å². The lowest BCUT2D eigenvalue weighted by molar-refractivity contribution is -0.121. The number of piperazine rings is 1. The van der Waals surface area contributed by atoms with Gasteiger partial charge in [-0.15, -0.1) is 0 Å². The smallest absolute Gasteiger partial charge is 0.223 e. The normalized spacial score (nSPS) is 17.5. The van der Waals surface area contributed by atoms with E-state index in [4.69, 9.17) is 4.74 Å². The van der Waals surface area contributed by atoms with Gasteiger partial charge in [0.25, 0.3) is 0 Å². The van der Waals surface area contributed by atoms with Crippen molar-refractivity contribution in [3.63, 3.8) is 0 Å². The van der Waals surface area contributed by atoms with Crippen LogP contribution in [0.3, 0.4) is 0 Å². The van der Waals surface area contributed by atoms with Crippen LogP contribution in [0.15, 0.2) is 18.2 Å². The molecule has 1 unspecified atom stereocenters. The predicted molar refractivity (Wildman–Crippen MR) is 97.6 cm³/mol. The first-order chi connectivity index (χ1) is 11.4. The third-order valence-electron chi connectivity index (χ3n) is 4.55. The topological polar surface area (TPSA) is 44.8 Å². The minimum absolute atomic E-state index is 0.0559. The number of ether oxygens (including phenoxy) is 1. The maximum absolute atomic E-state index is 12.0. The van der Waals surface area contributed by atoms with E-state index in [-0.39, 0.29) is 5.91 Å². The quantitative estimate of drug-likeness (QED) is 0.827. The molecule has 1 saturated heterocycles. The fourth-order valence-electron chi connectivity index (χ4n) is 3.02. The summed E-state index contributed by atoms with van der Waals surface area (Å²) >= 11 is 0. The van der Waals surface area contributed by atoms with Crippen molar-refractivity contribution in [1.82, 2.24) is 15.1 Å².